The normalized spacial score (nSPS) is 15.7. The van der Waals surface area contributed by atoms with E-state index < -0.39 is 17.9 Å². The number of aryl methyl sites for hydroxylation is 1. The highest BCUT2D eigenvalue weighted by Crippen LogP contribution is 2.32. The lowest BCUT2D eigenvalue weighted by Gasteiger charge is -2.29. The fourth-order valence-electron chi connectivity index (χ4n) is 6.34. The average Bonchev–Trinajstić information content (AvgIpc) is 3.52. The minimum atomic E-state index is -0.941. The Morgan fingerprint density at radius 2 is 1.80 bits per heavy atom. The highest BCUT2D eigenvalue weighted by Gasteiger charge is 2.32. The van der Waals surface area contributed by atoms with Crippen molar-refractivity contribution in [2.75, 3.05) is 13.2 Å². The fourth-order valence-corrected chi connectivity index (χ4v) is 7.49. The maximum absolute atomic E-state index is 14.2. The number of ether oxygens (including phenoxy) is 1. The van der Waals surface area contributed by atoms with Crippen molar-refractivity contribution in [1.82, 2.24) is 20.6 Å². The van der Waals surface area contributed by atoms with Gasteiger partial charge < -0.3 is 21.1 Å². The summed E-state index contributed by atoms with van der Waals surface area (Å²) in [6, 6.07) is 17.9. The van der Waals surface area contributed by atoms with Gasteiger partial charge in [0.2, 0.25) is 11.8 Å². The molecule has 50 heavy (non-hydrogen) atoms. The summed E-state index contributed by atoms with van der Waals surface area (Å²) in [4.78, 5) is 63.9. The summed E-state index contributed by atoms with van der Waals surface area (Å²) < 4.78 is 6.80. The van der Waals surface area contributed by atoms with Crippen molar-refractivity contribution < 1.29 is 23.9 Å². The molecule has 11 heteroatoms. The summed E-state index contributed by atoms with van der Waals surface area (Å²) in [7, 11) is 0. The van der Waals surface area contributed by atoms with Crippen LogP contribution in [0.2, 0.25) is 0 Å². The summed E-state index contributed by atoms with van der Waals surface area (Å²) in [5, 5.41) is 6.93. The van der Waals surface area contributed by atoms with Crippen LogP contribution >= 0.6 is 11.3 Å². The number of benzene rings is 2. The molecular formula is C39H47N5O5S. The molecule has 10 nitrogen and oxygen atoms in total. The van der Waals surface area contributed by atoms with Crippen LogP contribution in [0.3, 0.4) is 0 Å². The van der Waals surface area contributed by atoms with Crippen molar-refractivity contribution in [3.63, 3.8) is 0 Å². The van der Waals surface area contributed by atoms with Crippen molar-refractivity contribution >= 4 is 44.9 Å². The largest absolute Gasteiger partial charge is 0.493 e. The Labute approximate surface area is 297 Å². The number of pyridine rings is 1. The van der Waals surface area contributed by atoms with Gasteiger partial charge in [0.1, 0.15) is 11.5 Å². The summed E-state index contributed by atoms with van der Waals surface area (Å²) in [6.45, 7) is 4.76. The molecule has 0 radical (unpaired) electrons. The molecule has 0 unspecified atom stereocenters. The molecule has 0 saturated carbocycles. The van der Waals surface area contributed by atoms with Crippen LogP contribution < -0.4 is 21.1 Å². The lowest BCUT2D eigenvalue weighted by atomic mass is 9.89. The molecule has 1 aliphatic heterocycles. The number of rotatable bonds is 18. The van der Waals surface area contributed by atoms with Gasteiger partial charge in [-0.2, -0.15) is 0 Å². The summed E-state index contributed by atoms with van der Waals surface area (Å²) in [5.41, 5.74) is 9.29. The number of nitrogens with two attached hydrogens (primary N) is 1. The fraction of sp³-hybridized carbons (Fsp3) is 0.436. The second-order valence-corrected chi connectivity index (χ2v) is 14.2. The molecule has 0 bridgehead atoms. The molecule has 0 aliphatic carbocycles. The van der Waals surface area contributed by atoms with Crippen LogP contribution in [0.25, 0.3) is 10.2 Å². The smallest absolute Gasteiger partial charge is 0.224 e. The minimum Gasteiger partial charge on any atom is -0.493 e. The zero-order valence-electron chi connectivity index (χ0n) is 28.9. The van der Waals surface area contributed by atoms with Crippen molar-refractivity contribution in [3.05, 3.63) is 88.7 Å². The van der Waals surface area contributed by atoms with Crippen molar-refractivity contribution in [2.24, 2.45) is 17.6 Å². The molecule has 2 aromatic carbocycles. The van der Waals surface area contributed by atoms with Crippen molar-refractivity contribution in [3.8, 4) is 5.75 Å². The van der Waals surface area contributed by atoms with Crippen LogP contribution in [0.1, 0.15) is 79.7 Å². The summed E-state index contributed by atoms with van der Waals surface area (Å²) in [5.74, 6) is -1.48. The minimum absolute atomic E-state index is 0.0402. The van der Waals surface area contributed by atoms with Crippen molar-refractivity contribution in [2.45, 2.75) is 83.7 Å². The van der Waals surface area contributed by atoms with E-state index in [2.05, 4.69) is 21.7 Å². The molecule has 2 amide bonds. The molecule has 0 spiro atoms. The third kappa shape index (κ3) is 10.0. The van der Waals surface area contributed by atoms with E-state index in [4.69, 9.17) is 15.5 Å². The van der Waals surface area contributed by atoms with Gasteiger partial charge >= 0.3 is 0 Å². The predicted octanol–water partition coefficient (Wildman–Crippen LogP) is 5.60. The van der Waals surface area contributed by atoms with Crippen LogP contribution in [0.5, 0.6) is 5.75 Å². The topological polar surface area (TPSA) is 153 Å². The Morgan fingerprint density at radius 3 is 2.58 bits per heavy atom. The molecule has 264 valence electrons. The number of carbonyl (C=O) groups excluding carboxylic acids is 4. The molecule has 0 saturated heterocycles. The Hall–Kier alpha value is -4.48. The second-order valence-electron chi connectivity index (χ2n) is 13.1. The van der Waals surface area contributed by atoms with Crippen LogP contribution in [0, 0.1) is 18.8 Å². The van der Waals surface area contributed by atoms with Crippen LogP contribution in [0.4, 0.5) is 0 Å². The number of ketones is 2. The van der Waals surface area contributed by atoms with Crippen LogP contribution in [0.15, 0.2) is 66.9 Å². The zero-order chi connectivity index (χ0) is 35.5. The summed E-state index contributed by atoms with van der Waals surface area (Å²) in [6.07, 6.45) is 4.87. The van der Waals surface area contributed by atoms with E-state index in [1.165, 1.54) is 11.3 Å². The number of nitrogens with one attached hydrogen (secondary N) is 2. The Balaban J connectivity index is 1.35. The number of thiazole rings is 1. The van der Waals surface area contributed by atoms with Gasteiger partial charge in [-0.25, -0.2) is 4.98 Å². The van der Waals surface area contributed by atoms with E-state index in [-0.39, 0.29) is 55.1 Å². The van der Waals surface area contributed by atoms with Gasteiger partial charge in [0, 0.05) is 61.9 Å². The van der Waals surface area contributed by atoms with E-state index in [9.17, 15) is 19.2 Å². The molecule has 4 atom stereocenters. The number of para-hydroxylation sites is 1. The van der Waals surface area contributed by atoms with Crippen molar-refractivity contribution in [1.29, 1.82) is 0 Å². The first-order valence-corrected chi connectivity index (χ1v) is 18.4. The van der Waals surface area contributed by atoms with Crippen LogP contribution in [-0.2, 0) is 32.0 Å². The van der Waals surface area contributed by atoms with Gasteiger partial charge in [-0.3, -0.25) is 24.2 Å². The van der Waals surface area contributed by atoms with E-state index in [0.717, 1.165) is 38.5 Å². The molecule has 2 aromatic heterocycles. The highest BCUT2D eigenvalue weighted by atomic mass is 32.1. The van der Waals surface area contributed by atoms with Gasteiger partial charge in [0.15, 0.2) is 5.78 Å². The Bertz CT molecular complexity index is 1780. The highest BCUT2D eigenvalue weighted by molar-refractivity contribution is 7.18. The number of unbranched alkanes of at least 4 members (excludes halogenated alkanes) is 1. The number of Topliss-reactive ketones (excluding diaryl/α,β-unsaturated/α-hetero) is 2. The quantitative estimate of drug-likeness (QED) is 0.114. The average molecular weight is 698 g/mol. The SMILES string of the molecule is CCC(=O)C[C@@H](Cc1nc2ccc(C)cc2s1)C(=O)N[C@@H](Cc1ccccn1)C(=O)C[C@@H](CCCCN)C(=O)N[C@@H]1CCOc2ccccc21. The van der Waals surface area contributed by atoms with Gasteiger partial charge in [0.25, 0.3) is 0 Å². The first-order valence-electron chi connectivity index (χ1n) is 17.6. The Kier molecular flexibility index (Phi) is 13.2. The van der Waals surface area contributed by atoms with E-state index in [1.54, 1.807) is 19.2 Å². The predicted molar refractivity (Wildman–Crippen MR) is 195 cm³/mol. The van der Waals surface area contributed by atoms with Gasteiger partial charge in [-0.1, -0.05) is 43.7 Å². The lowest BCUT2D eigenvalue weighted by Crippen LogP contribution is -2.47. The maximum Gasteiger partial charge on any atom is 0.224 e. The molecule has 4 N–H and O–H groups in total. The zero-order valence-corrected chi connectivity index (χ0v) is 29.7. The first kappa shape index (κ1) is 36.8. The third-order valence-electron chi connectivity index (χ3n) is 9.19. The molecule has 5 rings (SSSR count). The number of aromatic nitrogens is 2. The molecule has 4 aromatic rings. The molecular weight excluding hydrogens is 651 g/mol. The van der Waals surface area contributed by atoms with Crippen LogP contribution in [-0.4, -0.2) is 52.5 Å². The number of carbonyl (C=O) groups is 4. The van der Waals surface area contributed by atoms with Gasteiger partial charge in [-0.05, 0) is 62.2 Å². The number of nitrogens with zero attached hydrogens (tertiary/aromatic N) is 2. The molecule has 0 fully saturated rings. The van der Waals surface area contributed by atoms with Gasteiger partial charge in [-0.15, -0.1) is 11.3 Å². The van der Waals surface area contributed by atoms with E-state index in [1.807, 2.05) is 55.5 Å². The molecule has 3 heterocycles. The monoisotopic (exact) mass is 697 g/mol. The summed E-state index contributed by atoms with van der Waals surface area (Å²) >= 11 is 1.51. The second kappa shape index (κ2) is 18.0. The maximum atomic E-state index is 14.2. The lowest BCUT2D eigenvalue weighted by molar-refractivity contribution is -0.134. The number of hydrogen-bond donors (Lipinski definition) is 3. The molecule has 1 aliphatic rings. The first-order chi connectivity index (χ1) is 24.2. The number of amides is 2. The van der Waals surface area contributed by atoms with E-state index >= 15 is 0 Å². The standard InChI is InChI=1S/C39H47N5O5S/c1-3-29(45)21-27(23-37-42-32-15-14-25(2)20-36(32)50-37)39(48)44-33(24-28-11-7-9-18-41-28)34(46)22-26(10-6-8-17-40)38(47)43-31-16-19-49-35-13-5-4-12-30(31)35/h4-5,7,9,11-15,18,20,26-27,31,33H,3,6,8,10,16-17,19,21-24,40H2,1-2H3,(H,43,47)(H,44,48)/t26-,27+,31-,33+/m1/s1. The number of hydrogen-bond acceptors (Lipinski definition) is 9. The van der Waals surface area contributed by atoms with Gasteiger partial charge in [0.05, 0.1) is 39.8 Å². The third-order valence-corrected chi connectivity index (χ3v) is 10.2. The Morgan fingerprint density at radius 1 is 0.980 bits per heavy atom. The number of fused-ring (bicyclic) bond motifs is 2. The van der Waals surface area contributed by atoms with E-state index in [0.29, 0.717) is 44.5 Å².